The summed E-state index contributed by atoms with van der Waals surface area (Å²) in [6.45, 7) is 48.6. The molecule has 0 spiro atoms. The normalized spacial score (nSPS) is 13.1. The maximum Gasteiger partial charge on any atom is 0.131 e. The molecule has 1 aliphatic rings. The van der Waals surface area contributed by atoms with Gasteiger partial charge >= 0.3 is 0 Å². The summed E-state index contributed by atoms with van der Waals surface area (Å²) in [5, 5.41) is 94.2. The highest BCUT2D eigenvalue weighted by Crippen LogP contribution is 2.69. The van der Waals surface area contributed by atoms with Crippen molar-refractivity contribution < 1.29 is 78.7 Å². The number of rotatable bonds is 24. The van der Waals surface area contributed by atoms with Crippen molar-refractivity contribution >= 4 is 0 Å². The molecule has 16 heteroatoms. The molecule has 8 N–H and O–H groups in total. The van der Waals surface area contributed by atoms with Crippen LogP contribution in [0.25, 0.3) is 0 Å². The van der Waals surface area contributed by atoms with Crippen LogP contribution in [-0.4, -0.2) is 97.7 Å². The highest BCUT2D eigenvalue weighted by molar-refractivity contribution is 5.79. The lowest BCUT2D eigenvalue weighted by Gasteiger charge is -2.52. The lowest BCUT2D eigenvalue weighted by molar-refractivity contribution is 0.230. The number of phenols is 8. The Balaban J connectivity index is 1.32. The highest BCUT2D eigenvalue weighted by atomic mass is 16.5. The first-order chi connectivity index (χ1) is 61.4. The Labute approximate surface area is 769 Å². The zero-order valence-electron chi connectivity index (χ0n) is 82.2. The van der Waals surface area contributed by atoms with Crippen molar-refractivity contribution in [3.63, 3.8) is 0 Å². The van der Waals surface area contributed by atoms with Crippen molar-refractivity contribution in [1.82, 2.24) is 0 Å². The molecule has 0 heterocycles. The van der Waals surface area contributed by atoms with Gasteiger partial charge in [-0.3, -0.25) is 0 Å². The molecule has 1 aliphatic carbocycles. The van der Waals surface area contributed by atoms with Crippen LogP contribution in [0, 0.1) is 166 Å². The fraction of sp³-hybridized carbons (Fsp3) is 0.368. The Hall–Kier alpha value is -12.6. The van der Waals surface area contributed by atoms with Gasteiger partial charge in [0, 0.05) is 79.0 Å². The summed E-state index contributed by atoms with van der Waals surface area (Å²) in [5.41, 5.74) is 29.1. The van der Waals surface area contributed by atoms with Gasteiger partial charge in [0.15, 0.2) is 0 Å². The summed E-state index contributed by atoms with van der Waals surface area (Å²) in [7, 11) is 13.8. The van der Waals surface area contributed by atoms with Crippen molar-refractivity contribution in [2.75, 3.05) is 56.9 Å². The Morgan fingerprint density at radius 1 is 0.177 bits per heavy atom. The molecular weight excluding hydrogens is 1630 g/mol. The molecule has 0 aromatic heterocycles. The van der Waals surface area contributed by atoms with Crippen molar-refractivity contribution in [2.24, 2.45) is 0 Å². The molecule has 130 heavy (non-hydrogen) atoms. The van der Waals surface area contributed by atoms with Crippen LogP contribution in [0.5, 0.6) is 92.0 Å². The number of phenolic OH excluding ortho intramolecular Hbond substituents is 8. The van der Waals surface area contributed by atoms with Crippen LogP contribution in [0.4, 0.5) is 0 Å². The van der Waals surface area contributed by atoms with Crippen molar-refractivity contribution in [3.8, 4) is 92.0 Å². The summed E-state index contributed by atoms with van der Waals surface area (Å²) >= 11 is 0. The van der Waals surface area contributed by atoms with Gasteiger partial charge in [-0.2, -0.15) is 0 Å². The molecule has 12 aromatic rings. The predicted octanol–water partition coefficient (Wildman–Crippen LogP) is 25.4. The van der Waals surface area contributed by atoms with E-state index >= 15 is 0 Å². The van der Waals surface area contributed by atoms with Crippen LogP contribution in [0.2, 0.25) is 0 Å². The molecule has 0 radical (unpaired) electrons. The second-order valence-electron chi connectivity index (χ2n) is 37.3. The summed E-state index contributed by atoms with van der Waals surface area (Å²) < 4.78 is 58.5. The van der Waals surface area contributed by atoms with Gasteiger partial charge < -0.3 is 78.7 Å². The molecule has 1 fully saturated rings. The van der Waals surface area contributed by atoms with Gasteiger partial charge in [-0.05, 0) is 418 Å². The van der Waals surface area contributed by atoms with Crippen LogP contribution in [0.3, 0.4) is 0 Å². The predicted molar refractivity (Wildman–Crippen MR) is 521 cm³/mol. The summed E-state index contributed by atoms with van der Waals surface area (Å²) in [5.74, 6) is 2.76. The standard InChI is InChI=1S/C114H132O16/c1-53-45-85(115)61(9)37-77(53)93(78-38-62(10)86(116)46-54(78)2)97-105(123-25)73(21)69(17)101(109(97)127-29)113(102-70(18)74(22)106(124-26)98(110(102)128-30)94(79-39-63(11)87(117)47-55(79)3)80-40-64(12)88(118)48-56(80)4)33-35-114(36-34-113,103-71(19)75(23)107(125-27)99(111(103)129-31)95(81-41-65(13)89(119)49-57(81)5)82-42-66(14)90(120)50-58(82)6)104-72(20)76(24)108(126-28)100(112(104)130-32)96(83-43-67(15)91(121)51-59(83)7)84-44-68(16)92(122)52-60(84)8/h37-52,93-96,115-122H,33-36H2,1-32H3. The molecule has 0 bridgehead atoms. The van der Waals surface area contributed by atoms with E-state index in [0.717, 1.165) is 156 Å². The molecule has 12 aromatic carbocycles. The fourth-order valence-corrected chi connectivity index (χ4v) is 22.5. The summed E-state index contributed by atoms with van der Waals surface area (Å²) in [6, 6.07) is 31.0. The number of methoxy groups -OCH3 is 8. The van der Waals surface area contributed by atoms with Crippen molar-refractivity contribution in [1.29, 1.82) is 0 Å². The van der Waals surface area contributed by atoms with E-state index in [9.17, 15) is 40.9 Å². The van der Waals surface area contributed by atoms with Crippen molar-refractivity contribution in [2.45, 2.75) is 226 Å². The summed E-state index contributed by atoms with van der Waals surface area (Å²) in [4.78, 5) is 0. The molecule has 684 valence electrons. The molecule has 13 rings (SSSR count). The van der Waals surface area contributed by atoms with Gasteiger partial charge in [-0.15, -0.1) is 0 Å². The van der Waals surface area contributed by atoms with E-state index in [1.54, 1.807) is 56.9 Å². The molecule has 0 atom stereocenters. The topological polar surface area (TPSA) is 236 Å². The van der Waals surface area contributed by atoms with E-state index < -0.39 is 34.5 Å². The molecule has 0 saturated heterocycles. The first-order valence-corrected chi connectivity index (χ1v) is 44.8. The number of ether oxygens (including phenoxy) is 8. The largest absolute Gasteiger partial charge is 0.508 e. The second-order valence-corrected chi connectivity index (χ2v) is 37.3. The van der Waals surface area contributed by atoms with Gasteiger partial charge in [0.1, 0.15) is 92.0 Å². The number of hydrogen-bond donors (Lipinski definition) is 8. The van der Waals surface area contributed by atoms with E-state index in [-0.39, 0.29) is 71.7 Å². The third-order valence-electron chi connectivity index (χ3n) is 29.8. The third kappa shape index (κ3) is 15.4. The Kier molecular flexibility index (Phi) is 26.4. The monoisotopic (exact) mass is 1760 g/mol. The first-order valence-electron chi connectivity index (χ1n) is 44.8. The van der Waals surface area contributed by atoms with Crippen LogP contribution in [0.1, 0.15) is 272 Å². The lowest BCUT2D eigenvalue weighted by Crippen LogP contribution is -2.44. The van der Waals surface area contributed by atoms with E-state index in [4.69, 9.17) is 37.9 Å². The SMILES string of the molecule is COc1c(C)c(C)c(C2(c3c(C)c(C)c(OC)c(C(c4cc(C)c(O)cc4C)c4cc(C)c(O)cc4C)c3OC)CCC(c3c(C)c(C)c(OC)c(C(c4cc(C)c(O)cc4C)c4cc(C)c(O)cc4C)c3OC)(c3c(C)c(C)c(OC)c(C(c4cc(C)c(O)cc4C)c4cc(C)c(O)cc4C)c3OC)CC2)c(OC)c1C(c1cc(C)c(O)cc1C)c1cc(C)c(O)cc1C. The van der Waals surface area contributed by atoms with E-state index in [2.05, 4.69) is 104 Å². The Bertz CT molecular complexity index is 5570. The Morgan fingerprint density at radius 2 is 0.300 bits per heavy atom. The number of aryl methyl sites for hydroxylation is 16. The first kappa shape index (κ1) is 95.0. The second kappa shape index (κ2) is 36.1. The molecule has 0 unspecified atom stereocenters. The van der Waals surface area contributed by atoms with Crippen LogP contribution >= 0.6 is 0 Å². The summed E-state index contributed by atoms with van der Waals surface area (Å²) in [6.07, 6.45) is 1.14. The zero-order chi connectivity index (χ0) is 95.4. The minimum Gasteiger partial charge on any atom is -0.508 e. The minimum absolute atomic E-state index is 0.139. The van der Waals surface area contributed by atoms with E-state index in [1.165, 1.54) is 0 Å². The zero-order valence-corrected chi connectivity index (χ0v) is 82.2. The van der Waals surface area contributed by atoms with Crippen molar-refractivity contribution in [3.05, 3.63) is 320 Å². The average molecular weight is 1760 g/mol. The smallest absolute Gasteiger partial charge is 0.131 e. The van der Waals surface area contributed by atoms with Gasteiger partial charge in [0.2, 0.25) is 0 Å². The maximum absolute atomic E-state index is 11.8. The van der Waals surface area contributed by atoms with Gasteiger partial charge in [0.25, 0.3) is 0 Å². The number of benzene rings is 12. The molecule has 1 saturated carbocycles. The molecule has 0 aliphatic heterocycles. The van der Waals surface area contributed by atoms with Gasteiger partial charge in [-0.25, -0.2) is 0 Å². The Morgan fingerprint density at radius 3 is 0.415 bits per heavy atom. The fourth-order valence-electron chi connectivity index (χ4n) is 22.5. The number of hydrogen-bond acceptors (Lipinski definition) is 16. The van der Waals surface area contributed by atoms with Gasteiger partial charge in [0.05, 0.1) is 56.9 Å². The van der Waals surface area contributed by atoms with Crippen LogP contribution < -0.4 is 37.9 Å². The van der Waals surface area contributed by atoms with Crippen LogP contribution in [0.15, 0.2) is 97.1 Å². The molecular formula is C114H132O16. The minimum atomic E-state index is -1.27. The average Bonchev–Trinajstić information content (AvgIpc) is 0.683. The molecule has 16 nitrogen and oxygen atoms in total. The van der Waals surface area contributed by atoms with Crippen LogP contribution in [-0.2, 0) is 10.8 Å². The highest BCUT2D eigenvalue weighted by Gasteiger charge is 2.57. The van der Waals surface area contributed by atoms with E-state index in [0.29, 0.717) is 113 Å². The third-order valence-corrected chi connectivity index (χ3v) is 29.8. The number of aromatic hydroxyl groups is 8. The molecule has 0 amide bonds. The van der Waals surface area contributed by atoms with E-state index in [1.807, 2.05) is 159 Å². The quantitative estimate of drug-likeness (QED) is 0.0263. The lowest BCUT2D eigenvalue weighted by atomic mass is 9.52. The maximum atomic E-state index is 11.8. The van der Waals surface area contributed by atoms with Gasteiger partial charge in [-0.1, -0.05) is 48.5 Å².